The lowest BCUT2D eigenvalue weighted by molar-refractivity contribution is 0.0987. The maximum Gasteiger partial charge on any atom is 0.178 e. The Morgan fingerprint density at radius 3 is 2.93 bits per heavy atom. The summed E-state index contributed by atoms with van der Waals surface area (Å²) in [5.41, 5.74) is 0.774. The van der Waals surface area contributed by atoms with Gasteiger partial charge in [0.15, 0.2) is 5.78 Å². The van der Waals surface area contributed by atoms with Crippen molar-refractivity contribution >= 4 is 5.78 Å². The van der Waals surface area contributed by atoms with Gasteiger partial charge in [0.25, 0.3) is 0 Å². The van der Waals surface area contributed by atoms with Crippen LogP contribution in [0, 0.1) is 0 Å². The summed E-state index contributed by atoms with van der Waals surface area (Å²) in [6.07, 6.45) is 8.58. The first kappa shape index (κ1) is 9.46. The molecule has 3 heteroatoms. The molecule has 0 radical (unpaired) electrons. The summed E-state index contributed by atoms with van der Waals surface area (Å²) in [5, 5.41) is 3.31. The van der Waals surface area contributed by atoms with Gasteiger partial charge in [-0.3, -0.25) is 4.79 Å². The van der Waals surface area contributed by atoms with Crippen LogP contribution in [0.2, 0.25) is 0 Å². The molecule has 0 bridgehead atoms. The summed E-state index contributed by atoms with van der Waals surface area (Å²) in [6.45, 7) is 0.475. The van der Waals surface area contributed by atoms with E-state index in [9.17, 15) is 4.79 Å². The van der Waals surface area contributed by atoms with E-state index in [1.165, 1.54) is 25.7 Å². The molecule has 0 aromatic carbocycles. The van der Waals surface area contributed by atoms with Crippen LogP contribution in [-0.2, 0) is 0 Å². The van der Waals surface area contributed by atoms with Gasteiger partial charge in [0, 0.05) is 24.0 Å². The predicted molar refractivity (Wildman–Crippen MR) is 55.4 cm³/mol. The van der Waals surface area contributed by atoms with Crippen LogP contribution in [0.3, 0.4) is 0 Å². The first-order valence-electron chi connectivity index (χ1n) is 5.25. The first-order chi connectivity index (χ1) is 6.86. The third kappa shape index (κ3) is 2.23. The lowest BCUT2D eigenvalue weighted by Gasteiger charge is -2.09. The van der Waals surface area contributed by atoms with Gasteiger partial charge in [-0.25, -0.2) is 0 Å². The number of nitrogens with one attached hydrogen (secondary N) is 2. The summed E-state index contributed by atoms with van der Waals surface area (Å²) in [7, 11) is 0. The number of Topliss-reactive ketones (excluding diaryl/α,β-unsaturated/α-hetero) is 1. The van der Waals surface area contributed by atoms with E-state index in [-0.39, 0.29) is 5.78 Å². The number of aromatic amines is 1. The highest BCUT2D eigenvalue weighted by Gasteiger charge is 2.15. The van der Waals surface area contributed by atoms with Crippen molar-refractivity contribution in [2.45, 2.75) is 31.7 Å². The highest BCUT2D eigenvalue weighted by Crippen LogP contribution is 2.17. The van der Waals surface area contributed by atoms with E-state index >= 15 is 0 Å². The average Bonchev–Trinajstić information content (AvgIpc) is 2.87. The van der Waals surface area contributed by atoms with E-state index in [4.69, 9.17) is 0 Å². The fourth-order valence-electron chi connectivity index (χ4n) is 1.97. The van der Waals surface area contributed by atoms with Crippen LogP contribution in [0.15, 0.2) is 18.5 Å². The molecule has 2 N–H and O–H groups in total. The van der Waals surface area contributed by atoms with Gasteiger partial charge >= 0.3 is 0 Å². The van der Waals surface area contributed by atoms with Gasteiger partial charge in [-0.15, -0.1) is 0 Å². The molecule has 0 spiro atoms. The van der Waals surface area contributed by atoms with E-state index in [1.807, 2.05) is 6.07 Å². The molecule has 1 saturated carbocycles. The van der Waals surface area contributed by atoms with Gasteiger partial charge in [0.1, 0.15) is 0 Å². The van der Waals surface area contributed by atoms with E-state index in [0.717, 1.165) is 5.56 Å². The Morgan fingerprint density at radius 2 is 2.29 bits per heavy atom. The highest BCUT2D eigenvalue weighted by molar-refractivity contribution is 5.97. The lowest BCUT2D eigenvalue weighted by atomic mass is 10.2. The summed E-state index contributed by atoms with van der Waals surface area (Å²) >= 11 is 0. The number of hydrogen-bond acceptors (Lipinski definition) is 2. The second-order valence-electron chi connectivity index (χ2n) is 3.89. The maximum absolute atomic E-state index is 11.6. The minimum atomic E-state index is 0.179. The van der Waals surface area contributed by atoms with Gasteiger partial charge in [0.05, 0.1) is 6.54 Å². The molecule has 3 nitrogen and oxygen atoms in total. The molecule has 1 aliphatic carbocycles. The molecule has 0 unspecified atom stereocenters. The van der Waals surface area contributed by atoms with Gasteiger partial charge in [0.2, 0.25) is 0 Å². The fraction of sp³-hybridized carbons (Fsp3) is 0.545. The number of carbonyl (C=O) groups excluding carboxylic acids is 1. The monoisotopic (exact) mass is 192 g/mol. The van der Waals surface area contributed by atoms with E-state index in [1.54, 1.807) is 12.4 Å². The van der Waals surface area contributed by atoms with Crippen molar-refractivity contribution in [2.75, 3.05) is 6.54 Å². The zero-order valence-corrected chi connectivity index (χ0v) is 8.25. The van der Waals surface area contributed by atoms with Crippen molar-refractivity contribution < 1.29 is 4.79 Å². The molecule has 1 heterocycles. The zero-order valence-electron chi connectivity index (χ0n) is 8.25. The zero-order chi connectivity index (χ0) is 9.80. The average molecular weight is 192 g/mol. The summed E-state index contributed by atoms with van der Waals surface area (Å²) < 4.78 is 0. The van der Waals surface area contributed by atoms with Crippen LogP contribution in [0.1, 0.15) is 36.0 Å². The second kappa shape index (κ2) is 4.42. The molecular weight excluding hydrogens is 176 g/mol. The molecule has 14 heavy (non-hydrogen) atoms. The molecular formula is C11H16N2O. The quantitative estimate of drug-likeness (QED) is 0.713. The van der Waals surface area contributed by atoms with E-state index in [0.29, 0.717) is 12.6 Å². The van der Waals surface area contributed by atoms with Crippen molar-refractivity contribution in [2.24, 2.45) is 0 Å². The Bertz CT molecular complexity index is 286. The van der Waals surface area contributed by atoms with Gasteiger partial charge in [-0.05, 0) is 18.9 Å². The molecule has 1 aromatic heterocycles. The van der Waals surface area contributed by atoms with Crippen molar-refractivity contribution in [3.8, 4) is 0 Å². The van der Waals surface area contributed by atoms with Crippen molar-refractivity contribution in [3.05, 3.63) is 24.0 Å². The minimum Gasteiger partial charge on any atom is -0.367 e. The number of aromatic nitrogens is 1. The van der Waals surface area contributed by atoms with Gasteiger partial charge in [-0.2, -0.15) is 0 Å². The van der Waals surface area contributed by atoms with E-state index in [2.05, 4.69) is 10.3 Å². The molecule has 0 saturated heterocycles. The summed E-state index contributed by atoms with van der Waals surface area (Å²) in [4.78, 5) is 14.5. The smallest absolute Gasteiger partial charge is 0.178 e. The molecule has 1 fully saturated rings. The summed E-state index contributed by atoms with van der Waals surface area (Å²) in [6, 6.07) is 2.39. The van der Waals surface area contributed by atoms with E-state index < -0.39 is 0 Å². The SMILES string of the molecule is O=C(CNC1CCCC1)c1cc[nH]c1. The molecule has 0 atom stereocenters. The Morgan fingerprint density at radius 1 is 1.50 bits per heavy atom. The normalized spacial score (nSPS) is 17.4. The van der Waals surface area contributed by atoms with Crippen molar-refractivity contribution in [1.29, 1.82) is 0 Å². The third-order valence-electron chi connectivity index (χ3n) is 2.83. The molecule has 1 aliphatic rings. The molecule has 0 amide bonds. The third-order valence-corrected chi connectivity index (χ3v) is 2.83. The second-order valence-corrected chi connectivity index (χ2v) is 3.89. The fourth-order valence-corrected chi connectivity index (χ4v) is 1.97. The lowest BCUT2D eigenvalue weighted by Crippen LogP contribution is -2.31. The Balaban J connectivity index is 1.78. The van der Waals surface area contributed by atoms with Crippen LogP contribution in [0.5, 0.6) is 0 Å². The minimum absolute atomic E-state index is 0.179. The van der Waals surface area contributed by atoms with Gasteiger partial charge < -0.3 is 10.3 Å². The van der Waals surface area contributed by atoms with Gasteiger partial charge in [-0.1, -0.05) is 12.8 Å². The molecule has 1 aromatic rings. The topological polar surface area (TPSA) is 44.9 Å². The van der Waals surface area contributed by atoms with Crippen LogP contribution in [0.4, 0.5) is 0 Å². The molecule has 76 valence electrons. The predicted octanol–water partition coefficient (Wildman–Crippen LogP) is 1.73. The number of hydrogen-bond donors (Lipinski definition) is 2. The summed E-state index contributed by atoms with van der Waals surface area (Å²) in [5.74, 6) is 0.179. The number of ketones is 1. The van der Waals surface area contributed by atoms with Crippen molar-refractivity contribution in [1.82, 2.24) is 10.3 Å². The number of rotatable bonds is 4. The number of carbonyl (C=O) groups is 1. The molecule has 0 aliphatic heterocycles. The largest absolute Gasteiger partial charge is 0.367 e. The Labute approximate surface area is 83.9 Å². The molecule has 2 rings (SSSR count). The first-order valence-corrected chi connectivity index (χ1v) is 5.25. The standard InChI is InChI=1S/C11H16N2O/c14-11(9-5-6-12-7-9)8-13-10-3-1-2-4-10/h5-7,10,12-13H,1-4,8H2. The Hall–Kier alpha value is -1.09. The Kier molecular flexibility index (Phi) is 2.99. The van der Waals surface area contributed by atoms with Crippen molar-refractivity contribution in [3.63, 3.8) is 0 Å². The van der Waals surface area contributed by atoms with Crippen LogP contribution < -0.4 is 5.32 Å². The number of H-pyrrole nitrogens is 1. The maximum atomic E-state index is 11.6. The highest BCUT2D eigenvalue weighted by atomic mass is 16.1. The van der Waals surface area contributed by atoms with Crippen LogP contribution in [-0.4, -0.2) is 23.4 Å². The van der Waals surface area contributed by atoms with Crippen LogP contribution >= 0.6 is 0 Å². The van der Waals surface area contributed by atoms with Crippen LogP contribution in [0.25, 0.3) is 0 Å².